The predicted molar refractivity (Wildman–Crippen MR) is 123 cm³/mol. The van der Waals surface area contributed by atoms with Crippen LogP contribution in [0.3, 0.4) is 0 Å². The number of fused-ring (bicyclic) bond motifs is 2. The van der Waals surface area contributed by atoms with E-state index in [9.17, 15) is 4.79 Å². The third-order valence-corrected chi connectivity index (χ3v) is 5.83. The van der Waals surface area contributed by atoms with Gasteiger partial charge in [0, 0.05) is 17.4 Å². The standard InChI is InChI=1S/C24H20ClN5O/c1-16(27-20-11-13-28(2)29-14-12-26-23(20)29)21-15-17-7-6-10-19(25)22(17)24(31)30(21)18-8-4-3-5-9-18/h3-16H,1-2H3/p+1. The molecule has 0 bridgehead atoms. The molecule has 3 heterocycles. The van der Waals surface area contributed by atoms with Gasteiger partial charge in [-0.05, 0) is 36.6 Å². The fraction of sp³-hybridized carbons (Fsp3) is 0.125. The molecule has 1 unspecified atom stereocenters. The van der Waals surface area contributed by atoms with Gasteiger partial charge in [-0.15, -0.1) is 9.20 Å². The highest BCUT2D eigenvalue weighted by atomic mass is 35.5. The van der Waals surface area contributed by atoms with Gasteiger partial charge < -0.3 is 5.32 Å². The molecule has 0 saturated carbocycles. The number of hydrogen-bond donors (Lipinski definition) is 1. The summed E-state index contributed by atoms with van der Waals surface area (Å²) in [5.74, 6) is 0. The number of para-hydroxylation sites is 1. The van der Waals surface area contributed by atoms with Crippen molar-refractivity contribution in [1.29, 1.82) is 0 Å². The van der Waals surface area contributed by atoms with E-state index in [4.69, 9.17) is 11.6 Å². The molecule has 6 nitrogen and oxygen atoms in total. The number of aryl methyl sites for hydroxylation is 1. The van der Waals surface area contributed by atoms with E-state index in [1.807, 2.05) is 90.2 Å². The summed E-state index contributed by atoms with van der Waals surface area (Å²) >= 11 is 6.41. The van der Waals surface area contributed by atoms with Crippen molar-refractivity contribution in [1.82, 2.24) is 14.1 Å². The molecular weight excluding hydrogens is 410 g/mol. The van der Waals surface area contributed by atoms with E-state index in [1.54, 1.807) is 16.8 Å². The molecular formula is C24H21ClN5O+. The molecule has 2 aromatic carbocycles. The van der Waals surface area contributed by atoms with Gasteiger partial charge in [-0.1, -0.05) is 41.9 Å². The molecule has 0 spiro atoms. The number of pyridine rings is 1. The lowest BCUT2D eigenvalue weighted by molar-refractivity contribution is -0.740. The number of nitrogens with zero attached hydrogens (tertiary/aromatic N) is 4. The average Bonchev–Trinajstić information content (AvgIpc) is 3.27. The topological polar surface area (TPSA) is 55.2 Å². The molecule has 0 radical (unpaired) electrons. The zero-order valence-corrected chi connectivity index (χ0v) is 17.9. The van der Waals surface area contributed by atoms with E-state index < -0.39 is 0 Å². The minimum Gasteiger partial charge on any atom is -0.374 e. The summed E-state index contributed by atoms with van der Waals surface area (Å²) in [5.41, 5.74) is 3.19. The van der Waals surface area contributed by atoms with Crippen molar-refractivity contribution in [2.75, 3.05) is 5.32 Å². The smallest absolute Gasteiger partial charge is 0.264 e. The first-order valence-corrected chi connectivity index (χ1v) is 10.4. The summed E-state index contributed by atoms with van der Waals surface area (Å²) in [4.78, 5) is 18.1. The van der Waals surface area contributed by atoms with Crippen molar-refractivity contribution in [3.8, 4) is 5.69 Å². The number of nitrogens with one attached hydrogen (secondary N) is 1. The Hall–Kier alpha value is -3.64. The van der Waals surface area contributed by atoms with Crippen LogP contribution < -0.4 is 15.6 Å². The Balaban J connectivity index is 1.70. The second-order valence-corrected chi connectivity index (χ2v) is 7.92. The predicted octanol–water partition coefficient (Wildman–Crippen LogP) is 4.29. The Morgan fingerprint density at radius 1 is 1.10 bits per heavy atom. The van der Waals surface area contributed by atoms with Crippen LogP contribution >= 0.6 is 11.6 Å². The monoisotopic (exact) mass is 430 g/mol. The Morgan fingerprint density at radius 2 is 1.90 bits per heavy atom. The number of aromatic nitrogens is 4. The van der Waals surface area contributed by atoms with Crippen LogP contribution in [0.25, 0.3) is 22.1 Å². The number of anilines is 1. The fourth-order valence-electron chi connectivity index (χ4n) is 3.99. The molecule has 0 aliphatic carbocycles. The van der Waals surface area contributed by atoms with Crippen molar-refractivity contribution in [3.05, 3.63) is 100 Å². The Bertz CT molecular complexity index is 1470. The lowest BCUT2D eigenvalue weighted by Gasteiger charge is -2.22. The summed E-state index contributed by atoms with van der Waals surface area (Å²) in [6, 6.07) is 19.0. The summed E-state index contributed by atoms with van der Waals surface area (Å²) in [6.45, 7) is 2.04. The number of halogens is 1. The van der Waals surface area contributed by atoms with E-state index in [2.05, 4.69) is 10.3 Å². The van der Waals surface area contributed by atoms with Gasteiger partial charge in [0.05, 0.1) is 34.5 Å². The number of imidazole rings is 1. The average molecular weight is 431 g/mol. The highest BCUT2D eigenvalue weighted by Crippen LogP contribution is 2.27. The molecule has 5 rings (SSSR count). The van der Waals surface area contributed by atoms with Gasteiger partial charge in [-0.2, -0.15) is 0 Å². The quantitative estimate of drug-likeness (QED) is 0.433. The van der Waals surface area contributed by atoms with Crippen LogP contribution in [0.4, 0.5) is 5.69 Å². The van der Waals surface area contributed by atoms with Gasteiger partial charge in [0.25, 0.3) is 5.56 Å². The zero-order chi connectivity index (χ0) is 21.5. The van der Waals surface area contributed by atoms with Crippen LogP contribution in [0.1, 0.15) is 18.7 Å². The molecule has 1 N–H and O–H groups in total. The molecule has 31 heavy (non-hydrogen) atoms. The third kappa shape index (κ3) is 3.25. The molecule has 0 fully saturated rings. The lowest BCUT2D eigenvalue weighted by atomic mass is 10.1. The van der Waals surface area contributed by atoms with Crippen LogP contribution in [0, 0.1) is 0 Å². The molecule has 5 aromatic rings. The van der Waals surface area contributed by atoms with Gasteiger partial charge >= 0.3 is 0 Å². The van der Waals surface area contributed by atoms with Gasteiger partial charge in [-0.3, -0.25) is 9.36 Å². The van der Waals surface area contributed by atoms with Gasteiger partial charge in [0.15, 0.2) is 13.2 Å². The summed E-state index contributed by atoms with van der Waals surface area (Å²) in [7, 11) is 1.96. The minimum atomic E-state index is -0.176. The largest absolute Gasteiger partial charge is 0.374 e. The second-order valence-electron chi connectivity index (χ2n) is 7.51. The molecule has 0 saturated heterocycles. The van der Waals surface area contributed by atoms with Crippen molar-refractivity contribution in [2.45, 2.75) is 13.0 Å². The van der Waals surface area contributed by atoms with Crippen molar-refractivity contribution >= 4 is 33.7 Å². The lowest BCUT2D eigenvalue weighted by Crippen LogP contribution is -2.36. The summed E-state index contributed by atoms with van der Waals surface area (Å²) in [6.07, 6.45) is 5.64. The highest BCUT2D eigenvalue weighted by molar-refractivity contribution is 6.35. The number of rotatable bonds is 4. The first kappa shape index (κ1) is 19.3. The van der Waals surface area contributed by atoms with E-state index in [-0.39, 0.29) is 11.6 Å². The molecule has 0 aliphatic rings. The second kappa shape index (κ2) is 7.56. The Kier molecular flexibility index (Phi) is 4.71. The van der Waals surface area contributed by atoms with Gasteiger partial charge in [0.1, 0.15) is 0 Å². The molecule has 3 aromatic heterocycles. The van der Waals surface area contributed by atoms with Crippen molar-refractivity contribution < 1.29 is 4.68 Å². The summed E-state index contributed by atoms with van der Waals surface area (Å²) < 4.78 is 5.65. The van der Waals surface area contributed by atoms with E-state index in [0.717, 1.165) is 28.1 Å². The van der Waals surface area contributed by atoms with Gasteiger partial charge in [0.2, 0.25) is 5.65 Å². The van der Waals surface area contributed by atoms with Crippen LogP contribution in [-0.2, 0) is 7.05 Å². The first-order chi connectivity index (χ1) is 15.0. The van der Waals surface area contributed by atoms with Crippen molar-refractivity contribution in [3.63, 3.8) is 0 Å². The molecule has 0 amide bonds. The third-order valence-electron chi connectivity index (χ3n) is 5.51. The SMILES string of the molecule is CC(Nc1cc[n+](C)n2ccnc12)c1cc2cccc(Cl)c2c(=O)n1-c1ccccc1. The zero-order valence-electron chi connectivity index (χ0n) is 17.2. The van der Waals surface area contributed by atoms with Crippen LogP contribution in [-0.4, -0.2) is 14.1 Å². The molecule has 1 atom stereocenters. The van der Waals surface area contributed by atoms with E-state index >= 15 is 0 Å². The van der Waals surface area contributed by atoms with E-state index in [0.29, 0.717) is 10.4 Å². The maximum absolute atomic E-state index is 13.6. The normalized spacial score (nSPS) is 12.4. The Labute approximate surface area is 184 Å². The molecule has 154 valence electrons. The van der Waals surface area contributed by atoms with Crippen molar-refractivity contribution in [2.24, 2.45) is 7.05 Å². The number of hydrogen-bond acceptors (Lipinski definition) is 3. The minimum absolute atomic E-state index is 0.136. The van der Waals surface area contributed by atoms with Gasteiger partial charge in [-0.25, -0.2) is 4.98 Å². The Morgan fingerprint density at radius 3 is 2.71 bits per heavy atom. The fourth-order valence-corrected chi connectivity index (χ4v) is 4.26. The molecule has 7 heteroatoms. The van der Waals surface area contributed by atoms with Crippen LogP contribution in [0.5, 0.6) is 0 Å². The maximum atomic E-state index is 13.6. The highest BCUT2D eigenvalue weighted by Gasteiger charge is 2.19. The van der Waals surface area contributed by atoms with Crippen LogP contribution in [0.2, 0.25) is 5.02 Å². The molecule has 0 aliphatic heterocycles. The van der Waals surface area contributed by atoms with E-state index in [1.165, 1.54) is 0 Å². The first-order valence-electron chi connectivity index (χ1n) is 10.0. The maximum Gasteiger partial charge on any atom is 0.264 e. The summed E-state index contributed by atoms with van der Waals surface area (Å²) in [5, 5.41) is 5.33. The van der Waals surface area contributed by atoms with Crippen LogP contribution in [0.15, 0.2) is 84.0 Å². The number of benzene rings is 2.